The van der Waals surface area contributed by atoms with Crippen molar-refractivity contribution in [3.05, 3.63) is 53.9 Å². The summed E-state index contributed by atoms with van der Waals surface area (Å²) in [5.41, 5.74) is 2.29. The van der Waals surface area contributed by atoms with Crippen LogP contribution in [0.4, 0.5) is 0 Å². The zero-order valence-corrected chi connectivity index (χ0v) is 10.9. The van der Waals surface area contributed by atoms with E-state index in [0.717, 1.165) is 23.6 Å². The molecule has 0 saturated heterocycles. The predicted octanol–water partition coefficient (Wildman–Crippen LogP) is 2.89. The fraction of sp³-hybridized carbons (Fsp3) is 0.188. The lowest BCUT2D eigenvalue weighted by Crippen LogP contribution is -2.34. The van der Waals surface area contributed by atoms with Crippen LogP contribution in [0.25, 0.3) is 12.2 Å². The molecule has 1 aromatic carbocycles. The van der Waals surface area contributed by atoms with Crippen molar-refractivity contribution in [3.8, 4) is 11.5 Å². The van der Waals surface area contributed by atoms with Crippen molar-refractivity contribution in [2.45, 2.75) is 13.5 Å². The molecule has 1 aliphatic heterocycles. The second-order valence-electron chi connectivity index (χ2n) is 4.36. The molecule has 3 rings (SSSR count). The SMILES string of the molecule is CC[n+]1ccccc1/C=C/c1ccc2c(c1)OCO2. The molecule has 0 saturated carbocycles. The lowest BCUT2D eigenvalue weighted by Gasteiger charge is -1.98. The zero-order valence-electron chi connectivity index (χ0n) is 10.9. The maximum atomic E-state index is 5.37. The number of fused-ring (bicyclic) bond motifs is 1. The molecule has 2 heterocycles. The molecule has 0 atom stereocenters. The van der Waals surface area contributed by atoms with Gasteiger partial charge in [0.05, 0.1) is 0 Å². The van der Waals surface area contributed by atoms with Crippen LogP contribution in [0.1, 0.15) is 18.2 Å². The normalized spacial score (nSPS) is 13.1. The van der Waals surface area contributed by atoms with Crippen molar-refractivity contribution in [1.82, 2.24) is 0 Å². The molecule has 0 fully saturated rings. The fourth-order valence-electron chi connectivity index (χ4n) is 2.13. The Hall–Kier alpha value is -2.29. The molecule has 3 nitrogen and oxygen atoms in total. The van der Waals surface area contributed by atoms with Crippen LogP contribution in [-0.4, -0.2) is 6.79 Å². The zero-order chi connectivity index (χ0) is 13.1. The van der Waals surface area contributed by atoms with Gasteiger partial charge in [0.15, 0.2) is 17.7 Å². The third-order valence-electron chi connectivity index (χ3n) is 3.16. The van der Waals surface area contributed by atoms with Gasteiger partial charge in [0.1, 0.15) is 6.54 Å². The van der Waals surface area contributed by atoms with Gasteiger partial charge < -0.3 is 9.47 Å². The Labute approximate surface area is 112 Å². The van der Waals surface area contributed by atoms with Crippen LogP contribution in [0, 0.1) is 0 Å². The maximum absolute atomic E-state index is 5.37. The number of rotatable bonds is 3. The molecular formula is C16H16NO2+. The monoisotopic (exact) mass is 254 g/mol. The van der Waals surface area contributed by atoms with Crippen LogP contribution in [-0.2, 0) is 6.54 Å². The highest BCUT2D eigenvalue weighted by molar-refractivity contribution is 5.68. The quantitative estimate of drug-likeness (QED) is 0.786. The van der Waals surface area contributed by atoms with Crippen LogP contribution in [0.15, 0.2) is 42.6 Å². The van der Waals surface area contributed by atoms with Crippen molar-refractivity contribution in [2.24, 2.45) is 0 Å². The Balaban J connectivity index is 1.86. The minimum atomic E-state index is 0.316. The lowest BCUT2D eigenvalue weighted by atomic mass is 10.1. The van der Waals surface area contributed by atoms with Crippen LogP contribution in [0.5, 0.6) is 11.5 Å². The van der Waals surface area contributed by atoms with Crippen LogP contribution >= 0.6 is 0 Å². The van der Waals surface area contributed by atoms with Crippen molar-refractivity contribution < 1.29 is 14.0 Å². The second kappa shape index (κ2) is 5.14. The molecule has 3 heteroatoms. The molecule has 0 aliphatic carbocycles. The number of ether oxygens (including phenoxy) is 2. The number of hydrogen-bond acceptors (Lipinski definition) is 2. The summed E-state index contributed by atoms with van der Waals surface area (Å²) in [5, 5.41) is 0. The number of nitrogens with zero attached hydrogens (tertiary/aromatic N) is 1. The third kappa shape index (κ3) is 2.45. The summed E-state index contributed by atoms with van der Waals surface area (Å²) in [6.07, 6.45) is 6.28. The first-order chi connectivity index (χ1) is 9.36. The van der Waals surface area contributed by atoms with Crippen molar-refractivity contribution in [3.63, 3.8) is 0 Å². The Bertz CT molecular complexity index is 620. The number of aryl methyl sites for hydroxylation is 1. The van der Waals surface area contributed by atoms with Crippen LogP contribution in [0.3, 0.4) is 0 Å². The Morgan fingerprint density at radius 2 is 2.00 bits per heavy atom. The molecule has 96 valence electrons. The molecular weight excluding hydrogens is 238 g/mol. The Morgan fingerprint density at radius 1 is 1.11 bits per heavy atom. The van der Waals surface area contributed by atoms with Gasteiger partial charge in [-0.05, 0) is 36.8 Å². The molecule has 0 unspecified atom stereocenters. The Kier molecular flexibility index (Phi) is 3.19. The average molecular weight is 254 g/mol. The first-order valence-electron chi connectivity index (χ1n) is 6.43. The van der Waals surface area contributed by atoms with Gasteiger partial charge in [-0.2, -0.15) is 4.57 Å². The van der Waals surface area contributed by atoms with E-state index in [1.807, 2.05) is 30.3 Å². The summed E-state index contributed by atoms with van der Waals surface area (Å²) < 4.78 is 12.9. The molecule has 0 bridgehead atoms. The topological polar surface area (TPSA) is 22.3 Å². The van der Waals surface area contributed by atoms with Gasteiger partial charge in [-0.15, -0.1) is 0 Å². The summed E-state index contributed by atoms with van der Waals surface area (Å²) in [7, 11) is 0. The number of pyridine rings is 1. The van der Waals surface area contributed by atoms with Gasteiger partial charge in [0, 0.05) is 18.2 Å². The number of aromatic nitrogens is 1. The highest BCUT2D eigenvalue weighted by atomic mass is 16.7. The molecule has 1 aromatic heterocycles. The summed E-state index contributed by atoms with van der Waals surface area (Å²) in [6, 6.07) is 12.2. The average Bonchev–Trinajstić information content (AvgIpc) is 2.93. The second-order valence-corrected chi connectivity index (χ2v) is 4.36. The van der Waals surface area contributed by atoms with E-state index in [4.69, 9.17) is 9.47 Å². The summed E-state index contributed by atoms with van der Waals surface area (Å²) >= 11 is 0. The summed E-state index contributed by atoms with van der Waals surface area (Å²) in [5.74, 6) is 1.64. The van der Waals surface area contributed by atoms with Gasteiger partial charge in [-0.1, -0.05) is 6.07 Å². The minimum absolute atomic E-state index is 0.316. The largest absolute Gasteiger partial charge is 0.454 e. The van der Waals surface area contributed by atoms with E-state index in [1.54, 1.807) is 0 Å². The van der Waals surface area contributed by atoms with Gasteiger partial charge in [-0.25, -0.2) is 0 Å². The van der Waals surface area contributed by atoms with Gasteiger partial charge in [0.2, 0.25) is 12.5 Å². The van der Waals surface area contributed by atoms with Crippen LogP contribution < -0.4 is 14.0 Å². The van der Waals surface area contributed by atoms with Crippen molar-refractivity contribution in [2.75, 3.05) is 6.79 Å². The molecule has 0 spiro atoms. The summed E-state index contributed by atoms with van der Waals surface area (Å²) in [6.45, 7) is 3.41. The summed E-state index contributed by atoms with van der Waals surface area (Å²) in [4.78, 5) is 0. The molecule has 2 aromatic rings. The molecule has 1 aliphatic rings. The first-order valence-corrected chi connectivity index (χ1v) is 6.43. The molecule has 0 N–H and O–H groups in total. The molecule has 0 radical (unpaired) electrons. The van der Waals surface area contributed by atoms with E-state index in [1.165, 1.54) is 5.69 Å². The minimum Gasteiger partial charge on any atom is -0.454 e. The lowest BCUT2D eigenvalue weighted by molar-refractivity contribution is -0.695. The van der Waals surface area contributed by atoms with Crippen molar-refractivity contribution >= 4 is 12.2 Å². The number of hydrogen-bond donors (Lipinski definition) is 0. The first kappa shape index (κ1) is 11.8. The highest BCUT2D eigenvalue weighted by Crippen LogP contribution is 2.32. The van der Waals surface area contributed by atoms with Crippen molar-refractivity contribution in [1.29, 1.82) is 0 Å². The van der Waals surface area contributed by atoms with E-state index in [-0.39, 0.29) is 0 Å². The molecule has 19 heavy (non-hydrogen) atoms. The predicted molar refractivity (Wildman–Crippen MR) is 73.8 cm³/mol. The van der Waals surface area contributed by atoms with Gasteiger partial charge >= 0.3 is 0 Å². The fourth-order valence-corrected chi connectivity index (χ4v) is 2.13. The van der Waals surface area contributed by atoms with E-state index >= 15 is 0 Å². The van der Waals surface area contributed by atoms with E-state index < -0.39 is 0 Å². The van der Waals surface area contributed by atoms with E-state index in [0.29, 0.717) is 6.79 Å². The van der Waals surface area contributed by atoms with E-state index in [9.17, 15) is 0 Å². The van der Waals surface area contributed by atoms with Gasteiger partial charge in [-0.3, -0.25) is 0 Å². The smallest absolute Gasteiger partial charge is 0.231 e. The maximum Gasteiger partial charge on any atom is 0.231 e. The van der Waals surface area contributed by atoms with Gasteiger partial charge in [0.25, 0.3) is 0 Å². The third-order valence-corrected chi connectivity index (χ3v) is 3.16. The van der Waals surface area contributed by atoms with E-state index in [2.05, 4.69) is 35.9 Å². The highest BCUT2D eigenvalue weighted by Gasteiger charge is 2.12. The number of benzene rings is 1. The van der Waals surface area contributed by atoms with Crippen LogP contribution in [0.2, 0.25) is 0 Å². The Morgan fingerprint density at radius 3 is 2.89 bits per heavy atom. The standard InChI is InChI=1S/C16H16NO2/c1-2-17-10-4-3-5-14(17)8-6-13-7-9-15-16(11-13)19-12-18-15/h3-11H,2,12H2,1H3/q+1/b8-6+. The molecule has 0 amide bonds.